The van der Waals surface area contributed by atoms with E-state index >= 15 is 0 Å². The van der Waals surface area contributed by atoms with E-state index in [1.165, 1.54) is 11.3 Å². The van der Waals surface area contributed by atoms with Gasteiger partial charge < -0.3 is 10.4 Å². The molecule has 0 spiro atoms. The highest BCUT2D eigenvalue weighted by Crippen LogP contribution is 2.41. The number of hydrogen-bond acceptors (Lipinski definition) is 3. The first kappa shape index (κ1) is 14.1. The lowest BCUT2D eigenvalue weighted by atomic mass is 9.82. The third kappa shape index (κ3) is 2.97. The van der Waals surface area contributed by atoms with Gasteiger partial charge in [0.2, 0.25) is 5.91 Å². The highest BCUT2D eigenvalue weighted by Gasteiger charge is 2.38. The van der Waals surface area contributed by atoms with Crippen molar-refractivity contribution in [1.82, 2.24) is 5.32 Å². The van der Waals surface area contributed by atoms with Crippen molar-refractivity contribution in [3.63, 3.8) is 0 Å². The Bertz CT molecular complexity index is 475. The summed E-state index contributed by atoms with van der Waals surface area (Å²) in [6, 6.07) is 3.35. The molecule has 0 atom stereocenters. The van der Waals surface area contributed by atoms with E-state index < -0.39 is 5.97 Å². The van der Waals surface area contributed by atoms with Crippen molar-refractivity contribution >= 4 is 23.2 Å². The van der Waals surface area contributed by atoms with Crippen molar-refractivity contribution < 1.29 is 14.7 Å². The van der Waals surface area contributed by atoms with Crippen LogP contribution in [0.5, 0.6) is 0 Å². The van der Waals surface area contributed by atoms with E-state index in [0.29, 0.717) is 11.4 Å². The summed E-state index contributed by atoms with van der Waals surface area (Å²) in [7, 11) is 0. The first-order valence-corrected chi connectivity index (χ1v) is 7.49. The lowest BCUT2D eigenvalue weighted by Crippen LogP contribution is -2.38. The predicted octanol–water partition coefficient (Wildman–Crippen LogP) is 3.03. The molecule has 1 aromatic rings. The Morgan fingerprint density at radius 3 is 2.58 bits per heavy atom. The van der Waals surface area contributed by atoms with Crippen molar-refractivity contribution in [2.75, 3.05) is 0 Å². The zero-order valence-corrected chi connectivity index (χ0v) is 11.9. The average Bonchev–Trinajstić information content (AvgIpc) is 3.05. The van der Waals surface area contributed by atoms with Gasteiger partial charge in [0.15, 0.2) is 0 Å². The van der Waals surface area contributed by atoms with Crippen LogP contribution in [-0.2, 0) is 11.3 Å². The molecule has 0 bridgehead atoms. The molecule has 1 saturated carbocycles. The van der Waals surface area contributed by atoms with E-state index in [9.17, 15) is 9.59 Å². The molecular formula is C14H19NO3S. The van der Waals surface area contributed by atoms with Gasteiger partial charge in [-0.2, -0.15) is 0 Å². The maximum atomic E-state index is 12.3. The lowest BCUT2D eigenvalue weighted by molar-refractivity contribution is -0.131. The molecule has 1 aromatic heterocycles. The van der Waals surface area contributed by atoms with E-state index in [2.05, 4.69) is 12.2 Å². The second-order valence-corrected chi connectivity index (χ2v) is 6.26. The quantitative estimate of drug-likeness (QED) is 0.871. The molecule has 1 aliphatic carbocycles. The summed E-state index contributed by atoms with van der Waals surface area (Å²) < 4.78 is 0. The zero-order chi connectivity index (χ0) is 13.9. The standard InChI is InChI=1S/C14H19NO3S/c1-2-14(7-3-4-8-14)13(18)15-9-10-5-6-11(19-10)12(16)17/h5-6H,2-4,7-9H2,1H3,(H,15,18)(H,16,17). The summed E-state index contributed by atoms with van der Waals surface area (Å²) in [5.41, 5.74) is -0.188. The largest absolute Gasteiger partial charge is 0.477 e. The average molecular weight is 281 g/mol. The van der Waals surface area contributed by atoms with Crippen LogP contribution < -0.4 is 5.32 Å². The number of nitrogens with one attached hydrogen (secondary N) is 1. The minimum Gasteiger partial charge on any atom is -0.477 e. The molecule has 104 valence electrons. The molecule has 4 nitrogen and oxygen atoms in total. The van der Waals surface area contributed by atoms with E-state index in [0.717, 1.165) is 37.0 Å². The summed E-state index contributed by atoms with van der Waals surface area (Å²) in [4.78, 5) is 24.3. The van der Waals surface area contributed by atoms with Gasteiger partial charge in [0, 0.05) is 10.3 Å². The van der Waals surface area contributed by atoms with Crippen molar-refractivity contribution in [2.24, 2.45) is 5.41 Å². The molecule has 0 saturated heterocycles. The third-order valence-corrected chi connectivity index (χ3v) is 5.09. The smallest absolute Gasteiger partial charge is 0.345 e. The van der Waals surface area contributed by atoms with Crippen LogP contribution in [0.3, 0.4) is 0 Å². The van der Waals surface area contributed by atoms with Crippen LogP contribution in [0.1, 0.15) is 53.6 Å². The summed E-state index contributed by atoms with van der Waals surface area (Å²) in [6.45, 7) is 2.50. The van der Waals surface area contributed by atoms with E-state index in [-0.39, 0.29) is 11.3 Å². The zero-order valence-electron chi connectivity index (χ0n) is 11.1. The van der Waals surface area contributed by atoms with Gasteiger partial charge in [0.1, 0.15) is 4.88 Å². The number of carbonyl (C=O) groups is 2. The maximum Gasteiger partial charge on any atom is 0.345 e. The van der Waals surface area contributed by atoms with Gasteiger partial charge in [0.05, 0.1) is 6.54 Å². The number of carbonyl (C=O) groups excluding carboxylic acids is 1. The van der Waals surface area contributed by atoms with Crippen molar-refractivity contribution in [1.29, 1.82) is 0 Å². The molecule has 0 unspecified atom stereocenters. The van der Waals surface area contributed by atoms with Gasteiger partial charge in [-0.05, 0) is 31.4 Å². The van der Waals surface area contributed by atoms with Gasteiger partial charge in [-0.15, -0.1) is 11.3 Å². The topological polar surface area (TPSA) is 66.4 Å². The number of carboxylic acids is 1. The van der Waals surface area contributed by atoms with E-state index in [1.807, 2.05) is 0 Å². The van der Waals surface area contributed by atoms with Crippen molar-refractivity contribution in [3.8, 4) is 0 Å². The normalized spacial score (nSPS) is 17.3. The summed E-state index contributed by atoms with van der Waals surface area (Å²) in [5.74, 6) is -0.791. The number of rotatable bonds is 5. The Kier molecular flexibility index (Phi) is 4.24. The predicted molar refractivity (Wildman–Crippen MR) is 74.3 cm³/mol. The Morgan fingerprint density at radius 1 is 1.37 bits per heavy atom. The van der Waals surface area contributed by atoms with Crippen molar-refractivity contribution in [3.05, 3.63) is 21.9 Å². The lowest BCUT2D eigenvalue weighted by Gasteiger charge is -2.25. The Morgan fingerprint density at radius 2 is 2.05 bits per heavy atom. The van der Waals surface area contributed by atoms with Crippen LogP contribution in [0.2, 0.25) is 0 Å². The van der Waals surface area contributed by atoms with Crippen LogP contribution in [0.4, 0.5) is 0 Å². The number of aromatic carboxylic acids is 1. The number of thiophene rings is 1. The van der Waals surface area contributed by atoms with Gasteiger partial charge in [-0.25, -0.2) is 4.79 Å². The molecule has 2 rings (SSSR count). The molecule has 0 aromatic carbocycles. The molecule has 0 radical (unpaired) electrons. The van der Waals surface area contributed by atoms with Gasteiger partial charge >= 0.3 is 5.97 Å². The highest BCUT2D eigenvalue weighted by molar-refractivity contribution is 7.13. The molecular weight excluding hydrogens is 262 g/mol. The SMILES string of the molecule is CCC1(C(=O)NCc2ccc(C(=O)O)s2)CCCC1. The minimum atomic E-state index is -0.914. The fourth-order valence-electron chi connectivity index (χ4n) is 2.74. The minimum absolute atomic E-state index is 0.123. The molecule has 0 aliphatic heterocycles. The highest BCUT2D eigenvalue weighted by atomic mass is 32.1. The first-order valence-electron chi connectivity index (χ1n) is 6.68. The molecule has 1 heterocycles. The summed E-state index contributed by atoms with van der Waals surface area (Å²) >= 11 is 1.22. The van der Waals surface area contributed by atoms with Crippen molar-refractivity contribution in [2.45, 2.75) is 45.6 Å². The molecule has 19 heavy (non-hydrogen) atoms. The molecule has 1 fully saturated rings. The summed E-state index contributed by atoms with van der Waals surface area (Å²) in [5, 5.41) is 11.8. The number of carboxylic acid groups (broad SMARTS) is 1. The van der Waals surface area contributed by atoms with E-state index in [1.54, 1.807) is 12.1 Å². The Balaban J connectivity index is 1.94. The molecule has 1 amide bonds. The summed E-state index contributed by atoms with van der Waals surface area (Å²) in [6.07, 6.45) is 5.08. The molecule has 1 aliphatic rings. The molecule has 2 N–H and O–H groups in total. The van der Waals surface area contributed by atoms with Crippen LogP contribution in [0.25, 0.3) is 0 Å². The van der Waals surface area contributed by atoms with Crippen LogP contribution in [0, 0.1) is 5.41 Å². The van der Waals surface area contributed by atoms with Gasteiger partial charge in [-0.1, -0.05) is 19.8 Å². The van der Waals surface area contributed by atoms with Crippen LogP contribution >= 0.6 is 11.3 Å². The third-order valence-electron chi connectivity index (χ3n) is 4.01. The fraction of sp³-hybridized carbons (Fsp3) is 0.571. The molecule has 5 heteroatoms. The Hall–Kier alpha value is -1.36. The maximum absolute atomic E-state index is 12.3. The monoisotopic (exact) mass is 281 g/mol. The first-order chi connectivity index (χ1) is 9.07. The second-order valence-electron chi connectivity index (χ2n) is 5.09. The van der Waals surface area contributed by atoms with Crippen LogP contribution in [0.15, 0.2) is 12.1 Å². The fourth-order valence-corrected chi connectivity index (χ4v) is 3.52. The van der Waals surface area contributed by atoms with Gasteiger partial charge in [-0.3, -0.25) is 4.79 Å². The van der Waals surface area contributed by atoms with Crippen LogP contribution in [-0.4, -0.2) is 17.0 Å². The van der Waals surface area contributed by atoms with Gasteiger partial charge in [0.25, 0.3) is 0 Å². The number of amides is 1. The van der Waals surface area contributed by atoms with E-state index in [4.69, 9.17) is 5.11 Å². The second kappa shape index (κ2) is 5.74. The Labute approximate surface area is 116 Å². The number of hydrogen-bond donors (Lipinski definition) is 2.